The van der Waals surface area contributed by atoms with Gasteiger partial charge in [-0.2, -0.15) is 0 Å². The molecule has 0 unspecified atom stereocenters. The first kappa shape index (κ1) is 26.0. The SMILES string of the molecule is O=C(COc1ccc(Cl)cc1/C=C1/C(=O)NC(=O)N(c2cccc([N+](=O)[O-])c2)C1=O)Nc1ccccc1F. The highest BCUT2D eigenvalue weighted by Crippen LogP contribution is 2.29. The van der Waals surface area contributed by atoms with Crippen LogP contribution in [-0.2, 0) is 14.4 Å². The molecule has 0 radical (unpaired) electrons. The van der Waals surface area contributed by atoms with Crippen LogP contribution in [0.4, 0.5) is 26.2 Å². The van der Waals surface area contributed by atoms with E-state index in [1.54, 1.807) is 0 Å². The Balaban J connectivity index is 1.60. The molecule has 0 atom stereocenters. The van der Waals surface area contributed by atoms with Crippen molar-refractivity contribution in [3.8, 4) is 5.75 Å². The molecule has 0 spiro atoms. The average Bonchev–Trinajstić information content (AvgIpc) is 2.87. The second-order valence-corrected chi connectivity index (χ2v) is 8.17. The minimum Gasteiger partial charge on any atom is -0.483 e. The summed E-state index contributed by atoms with van der Waals surface area (Å²) in [5, 5.41) is 15.7. The number of carbonyl (C=O) groups excluding carboxylic acids is 4. The van der Waals surface area contributed by atoms with Crippen molar-refractivity contribution >= 4 is 58.5 Å². The zero-order valence-electron chi connectivity index (χ0n) is 19.1. The van der Waals surface area contributed by atoms with Crippen LogP contribution in [0, 0.1) is 15.9 Å². The number of hydrogen-bond donors (Lipinski definition) is 2. The van der Waals surface area contributed by atoms with Gasteiger partial charge in [0.2, 0.25) is 0 Å². The number of rotatable bonds is 7. The molecule has 3 aromatic rings. The van der Waals surface area contributed by atoms with Crippen LogP contribution in [0.15, 0.2) is 72.3 Å². The van der Waals surface area contributed by atoms with Crippen molar-refractivity contribution in [2.75, 3.05) is 16.8 Å². The summed E-state index contributed by atoms with van der Waals surface area (Å²) in [6.07, 6.45) is 1.10. The number of urea groups is 1. The number of barbiturate groups is 1. The van der Waals surface area contributed by atoms with Crippen molar-refractivity contribution in [2.45, 2.75) is 0 Å². The largest absolute Gasteiger partial charge is 0.483 e. The second-order valence-electron chi connectivity index (χ2n) is 7.73. The van der Waals surface area contributed by atoms with E-state index in [9.17, 15) is 33.7 Å². The van der Waals surface area contributed by atoms with Crippen LogP contribution in [0.2, 0.25) is 5.02 Å². The Morgan fingerprint density at radius 1 is 1.11 bits per heavy atom. The number of para-hydroxylation sites is 1. The van der Waals surface area contributed by atoms with Crippen molar-refractivity contribution in [3.05, 3.63) is 98.8 Å². The Morgan fingerprint density at radius 3 is 2.61 bits per heavy atom. The van der Waals surface area contributed by atoms with Crippen molar-refractivity contribution in [3.63, 3.8) is 0 Å². The number of nitro groups is 1. The number of amides is 5. The van der Waals surface area contributed by atoms with Crippen LogP contribution >= 0.6 is 11.6 Å². The number of nitrogens with one attached hydrogen (secondary N) is 2. The Bertz CT molecular complexity index is 1530. The van der Waals surface area contributed by atoms with Gasteiger partial charge in [0.1, 0.15) is 17.1 Å². The topological polar surface area (TPSA) is 148 Å². The number of carbonyl (C=O) groups is 4. The summed E-state index contributed by atoms with van der Waals surface area (Å²) in [6, 6.07) is 13.4. The average molecular weight is 539 g/mol. The fourth-order valence-electron chi connectivity index (χ4n) is 3.45. The third-order valence-electron chi connectivity index (χ3n) is 5.18. The van der Waals surface area contributed by atoms with Gasteiger partial charge in [-0.3, -0.25) is 29.8 Å². The lowest BCUT2D eigenvalue weighted by atomic mass is 10.1. The monoisotopic (exact) mass is 538 g/mol. The lowest BCUT2D eigenvalue weighted by molar-refractivity contribution is -0.384. The minimum atomic E-state index is -1.09. The van der Waals surface area contributed by atoms with Gasteiger partial charge < -0.3 is 10.1 Å². The molecule has 3 aromatic carbocycles. The summed E-state index contributed by atoms with van der Waals surface area (Å²) >= 11 is 6.07. The summed E-state index contributed by atoms with van der Waals surface area (Å²) in [4.78, 5) is 61.4. The zero-order chi connectivity index (χ0) is 27.4. The fraction of sp³-hybridized carbons (Fsp3) is 0.0400. The molecular formula is C25H16ClFN4O7. The highest BCUT2D eigenvalue weighted by Gasteiger charge is 2.37. The summed E-state index contributed by atoms with van der Waals surface area (Å²) in [6.45, 7) is -0.551. The lowest BCUT2D eigenvalue weighted by Crippen LogP contribution is -2.54. The van der Waals surface area contributed by atoms with E-state index in [1.807, 2.05) is 5.32 Å². The summed E-state index contributed by atoms with van der Waals surface area (Å²) in [5.74, 6) is -3.35. The molecule has 0 saturated carbocycles. The van der Waals surface area contributed by atoms with E-state index in [0.717, 1.165) is 12.1 Å². The normalized spacial score (nSPS) is 14.3. The Kier molecular flexibility index (Phi) is 7.44. The molecule has 0 aromatic heterocycles. The van der Waals surface area contributed by atoms with E-state index in [4.69, 9.17) is 16.3 Å². The van der Waals surface area contributed by atoms with E-state index in [1.165, 1.54) is 60.7 Å². The number of halogens is 2. The number of benzene rings is 3. The van der Waals surface area contributed by atoms with E-state index in [-0.39, 0.29) is 33.4 Å². The summed E-state index contributed by atoms with van der Waals surface area (Å²) < 4.78 is 19.3. The highest BCUT2D eigenvalue weighted by molar-refractivity contribution is 6.39. The first-order valence-corrected chi connectivity index (χ1v) is 11.1. The number of hydrogen-bond acceptors (Lipinski definition) is 7. The van der Waals surface area contributed by atoms with Gasteiger partial charge in [0, 0.05) is 22.7 Å². The third kappa shape index (κ3) is 5.65. The molecule has 1 aliphatic rings. The third-order valence-corrected chi connectivity index (χ3v) is 5.41. The molecule has 5 amide bonds. The number of imide groups is 2. The van der Waals surface area contributed by atoms with Gasteiger partial charge in [0.25, 0.3) is 23.4 Å². The maximum absolute atomic E-state index is 13.8. The maximum Gasteiger partial charge on any atom is 0.335 e. The molecule has 0 bridgehead atoms. The Labute approximate surface area is 218 Å². The molecule has 1 aliphatic heterocycles. The quantitative estimate of drug-likeness (QED) is 0.199. The number of anilines is 2. The number of nitrogens with zero attached hydrogens (tertiary/aromatic N) is 2. The van der Waals surface area contributed by atoms with Crippen LogP contribution in [0.25, 0.3) is 6.08 Å². The van der Waals surface area contributed by atoms with Gasteiger partial charge in [0.15, 0.2) is 6.61 Å². The first-order chi connectivity index (χ1) is 18.1. The lowest BCUT2D eigenvalue weighted by Gasteiger charge is -2.26. The fourth-order valence-corrected chi connectivity index (χ4v) is 3.63. The van der Waals surface area contributed by atoms with Gasteiger partial charge in [0.05, 0.1) is 16.3 Å². The molecule has 38 heavy (non-hydrogen) atoms. The van der Waals surface area contributed by atoms with Crippen LogP contribution in [-0.4, -0.2) is 35.3 Å². The first-order valence-electron chi connectivity index (χ1n) is 10.8. The van der Waals surface area contributed by atoms with Crippen molar-refractivity contribution < 1.29 is 33.2 Å². The van der Waals surface area contributed by atoms with Crippen molar-refractivity contribution in [1.29, 1.82) is 0 Å². The molecule has 1 saturated heterocycles. The summed E-state index contributed by atoms with van der Waals surface area (Å²) in [5.41, 5.74) is -0.936. The van der Waals surface area contributed by atoms with Crippen LogP contribution < -0.4 is 20.3 Å². The molecule has 4 rings (SSSR count). The number of nitro benzene ring substituents is 1. The van der Waals surface area contributed by atoms with Gasteiger partial charge >= 0.3 is 6.03 Å². The van der Waals surface area contributed by atoms with E-state index in [0.29, 0.717) is 4.90 Å². The standard InChI is InChI=1S/C25H16ClFN4O7/c26-15-8-9-21(38-13-22(32)28-20-7-2-1-6-19(20)27)14(10-15)11-18-23(33)29-25(35)30(24(18)34)16-4-3-5-17(12-16)31(36)37/h1-12H,13H2,(H,28,32)(H,29,33,35)/b18-11-. The van der Waals surface area contributed by atoms with Crippen molar-refractivity contribution in [1.82, 2.24) is 5.32 Å². The van der Waals surface area contributed by atoms with Crippen LogP contribution in [0.5, 0.6) is 5.75 Å². The van der Waals surface area contributed by atoms with Gasteiger partial charge in [-0.1, -0.05) is 29.8 Å². The van der Waals surface area contributed by atoms with Gasteiger partial charge in [-0.25, -0.2) is 14.1 Å². The van der Waals surface area contributed by atoms with Crippen LogP contribution in [0.1, 0.15) is 5.56 Å². The van der Waals surface area contributed by atoms with E-state index in [2.05, 4.69) is 5.32 Å². The van der Waals surface area contributed by atoms with Crippen molar-refractivity contribution in [2.24, 2.45) is 0 Å². The van der Waals surface area contributed by atoms with Gasteiger partial charge in [-0.15, -0.1) is 0 Å². The molecule has 1 fully saturated rings. The highest BCUT2D eigenvalue weighted by atomic mass is 35.5. The van der Waals surface area contributed by atoms with Gasteiger partial charge in [-0.05, 0) is 42.5 Å². The molecule has 2 N–H and O–H groups in total. The Morgan fingerprint density at radius 2 is 1.87 bits per heavy atom. The summed E-state index contributed by atoms with van der Waals surface area (Å²) in [7, 11) is 0. The molecule has 192 valence electrons. The number of non-ortho nitro benzene ring substituents is 1. The van der Waals surface area contributed by atoms with Crippen LogP contribution in [0.3, 0.4) is 0 Å². The Hall–Kier alpha value is -5.10. The molecule has 0 aliphatic carbocycles. The second kappa shape index (κ2) is 10.9. The molecule has 1 heterocycles. The molecular weight excluding hydrogens is 523 g/mol. The minimum absolute atomic E-state index is 0.0463. The predicted molar refractivity (Wildman–Crippen MR) is 134 cm³/mol. The zero-order valence-corrected chi connectivity index (χ0v) is 19.9. The smallest absolute Gasteiger partial charge is 0.335 e. The predicted octanol–water partition coefficient (Wildman–Crippen LogP) is 4.07. The van der Waals surface area contributed by atoms with E-state index >= 15 is 0 Å². The number of ether oxygens (including phenoxy) is 1. The molecule has 13 heteroatoms. The molecule has 11 nitrogen and oxygen atoms in total. The van der Waals surface area contributed by atoms with E-state index < -0.39 is 46.7 Å². The maximum atomic E-state index is 13.8.